The summed E-state index contributed by atoms with van der Waals surface area (Å²) in [6.07, 6.45) is -2.79. The Balaban J connectivity index is 1.71. The summed E-state index contributed by atoms with van der Waals surface area (Å²) in [7, 11) is 0. The molecular weight excluding hydrogens is 445 g/mol. The molecular formula is C21H19F3N4O3S. The van der Waals surface area contributed by atoms with E-state index in [-0.39, 0.29) is 17.3 Å². The number of aromatic carboxylic acids is 1. The molecule has 11 heteroatoms. The maximum atomic E-state index is 12.9. The number of hydrogen-bond donors (Lipinski definition) is 2. The summed E-state index contributed by atoms with van der Waals surface area (Å²) in [5.41, 5.74) is -0.599. The van der Waals surface area contributed by atoms with Crippen LogP contribution in [0.5, 0.6) is 0 Å². The molecule has 3 aromatic rings. The van der Waals surface area contributed by atoms with Gasteiger partial charge in [0.05, 0.1) is 22.8 Å². The number of fused-ring (bicyclic) bond motifs is 1. The van der Waals surface area contributed by atoms with Gasteiger partial charge in [-0.25, -0.2) is 9.78 Å². The lowest BCUT2D eigenvalue weighted by molar-refractivity contribution is -0.141. The van der Waals surface area contributed by atoms with Gasteiger partial charge in [-0.2, -0.15) is 30.0 Å². The number of carbonyl (C=O) groups excluding carboxylic acids is 1. The topological polar surface area (TPSA) is 97.1 Å². The number of amides is 1. The molecule has 7 nitrogen and oxygen atoms in total. The number of hydrogen-bond acceptors (Lipinski definition) is 5. The number of aryl methyl sites for hydroxylation is 1. The molecule has 3 heterocycles. The van der Waals surface area contributed by atoms with Crippen molar-refractivity contribution in [2.45, 2.75) is 32.0 Å². The fourth-order valence-corrected chi connectivity index (χ4v) is 4.83. The maximum Gasteiger partial charge on any atom is 0.433 e. The van der Waals surface area contributed by atoms with E-state index < -0.39 is 29.4 Å². The zero-order valence-corrected chi connectivity index (χ0v) is 17.8. The molecule has 4 rings (SSSR count). The van der Waals surface area contributed by atoms with Crippen molar-refractivity contribution in [1.29, 1.82) is 0 Å². The predicted molar refractivity (Wildman–Crippen MR) is 114 cm³/mol. The molecule has 1 aliphatic rings. The monoisotopic (exact) mass is 464 g/mol. The molecule has 0 atom stereocenters. The van der Waals surface area contributed by atoms with Crippen molar-refractivity contribution in [3.63, 3.8) is 0 Å². The molecule has 1 aromatic carbocycles. The minimum atomic E-state index is -4.70. The Hall–Kier alpha value is -3.08. The first-order valence-corrected chi connectivity index (χ1v) is 11.0. The van der Waals surface area contributed by atoms with Gasteiger partial charge in [0.15, 0.2) is 0 Å². The van der Waals surface area contributed by atoms with Gasteiger partial charge in [-0.3, -0.25) is 9.48 Å². The average Bonchev–Trinajstić information content (AvgIpc) is 3.09. The standard InChI is InChI=1S/C21H19F3N4O3S/c1-11-13-9-16(26-19(29)15-3-2-4-18(25-15)21(22,23)24)14(20(30)31)10-17(13)27-28(11)12-5-7-32-8-6-12/h2-4,9-10,12H,5-8H2,1H3,(H,26,29)(H,30,31). The Morgan fingerprint density at radius 1 is 1.22 bits per heavy atom. The van der Waals surface area contributed by atoms with E-state index in [0.29, 0.717) is 10.9 Å². The van der Waals surface area contributed by atoms with E-state index in [1.54, 1.807) is 0 Å². The number of alkyl halides is 3. The largest absolute Gasteiger partial charge is 0.478 e. The van der Waals surface area contributed by atoms with Crippen molar-refractivity contribution in [3.05, 3.63) is 53.0 Å². The number of rotatable bonds is 4. The summed E-state index contributed by atoms with van der Waals surface area (Å²) in [6.45, 7) is 1.87. The van der Waals surface area contributed by atoms with Crippen LogP contribution in [0.2, 0.25) is 0 Å². The number of halogens is 3. The molecule has 2 N–H and O–H groups in total. The van der Waals surface area contributed by atoms with Gasteiger partial charge >= 0.3 is 12.1 Å². The molecule has 1 amide bonds. The van der Waals surface area contributed by atoms with Crippen LogP contribution in [0.25, 0.3) is 10.9 Å². The summed E-state index contributed by atoms with van der Waals surface area (Å²) in [5.74, 6) is -0.189. The number of anilines is 1. The van der Waals surface area contributed by atoms with Gasteiger partial charge in [-0.05, 0) is 55.5 Å². The van der Waals surface area contributed by atoms with Crippen molar-refractivity contribution in [1.82, 2.24) is 14.8 Å². The van der Waals surface area contributed by atoms with Crippen molar-refractivity contribution in [2.75, 3.05) is 16.8 Å². The first kappa shape index (κ1) is 22.1. The van der Waals surface area contributed by atoms with Crippen LogP contribution in [-0.4, -0.2) is 43.3 Å². The normalized spacial score (nSPS) is 15.1. The highest BCUT2D eigenvalue weighted by Gasteiger charge is 2.33. The summed E-state index contributed by atoms with van der Waals surface area (Å²) < 4.78 is 40.7. The van der Waals surface area contributed by atoms with Gasteiger partial charge in [0.1, 0.15) is 11.4 Å². The lowest BCUT2D eigenvalue weighted by atomic mass is 10.1. The summed E-state index contributed by atoms with van der Waals surface area (Å²) >= 11 is 1.88. The molecule has 1 aliphatic heterocycles. The van der Waals surface area contributed by atoms with Gasteiger partial charge < -0.3 is 10.4 Å². The fraction of sp³-hybridized carbons (Fsp3) is 0.333. The lowest BCUT2D eigenvalue weighted by Crippen LogP contribution is -2.18. The number of carboxylic acids is 1. The van der Waals surface area contributed by atoms with Crippen LogP contribution in [0.15, 0.2) is 30.3 Å². The van der Waals surface area contributed by atoms with E-state index >= 15 is 0 Å². The van der Waals surface area contributed by atoms with E-state index in [1.165, 1.54) is 12.1 Å². The van der Waals surface area contributed by atoms with Gasteiger partial charge in [0.25, 0.3) is 5.91 Å². The number of aromatic nitrogens is 3. The molecule has 1 fully saturated rings. The molecule has 0 unspecified atom stereocenters. The Morgan fingerprint density at radius 3 is 2.59 bits per heavy atom. The van der Waals surface area contributed by atoms with Crippen LogP contribution >= 0.6 is 11.8 Å². The van der Waals surface area contributed by atoms with Crippen LogP contribution < -0.4 is 5.32 Å². The highest BCUT2D eigenvalue weighted by molar-refractivity contribution is 7.99. The van der Waals surface area contributed by atoms with Gasteiger partial charge in [0, 0.05) is 11.1 Å². The number of carboxylic acid groups (broad SMARTS) is 1. The Labute approximate surface area is 185 Å². The Bertz CT molecular complexity index is 1200. The second-order valence-corrected chi connectivity index (χ2v) is 8.68. The Kier molecular flexibility index (Phi) is 5.85. The quantitative estimate of drug-likeness (QED) is 0.577. The Morgan fingerprint density at radius 2 is 1.94 bits per heavy atom. The van der Waals surface area contributed by atoms with Gasteiger partial charge in [-0.15, -0.1) is 0 Å². The molecule has 168 valence electrons. The number of carbonyl (C=O) groups is 2. The molecule has 0 saturated carbocycles. The third-order valence-corrected chi connectivity index (χ3v) is 6.42. The molecule has 32 heavy (non-hydrogen) atoms. The molecule has 0 aliphatic carbocycles. The lowest BCUT2D eigenvalue weighted by Gasteiger charge is -2.22. The minimum absolute atomic E-state index is 0.0314. The first-order chi connectivity index (χ1) is 15.1. The second kappa shape index (κ2) is 8.45. The number of nitrogens with one attached hydrogen (secondary N) is 1. The van der Waals surface area contributed by atoms with Gasteiger partial charge in [0.2, 0.25) is 0 Å². The SMILES string of the molecule is Cc1c2cc(NC(=O)c3cccc(C(F)(F)F)n3)c(C(=O)O)cc2nn1C1CCSCC1. The highest BCUT2D eigenvalue weighted by Crippen LogP contribution is 2.33. The van der Waals surface area contributed by atoms with E-state index in [9.17, 15) is 27.9 Å². The fourth-order valence-electron chi connectivity index (χ4n) is 3.75. The molecule has 0 spiro atoms. The molecule has 1 saturated heterocycles. The highest BCUT2D eigenvalue weighted by atomic mass is 32.2. The van der Waals surface area contributed by atoms with Crippen LogP contribution in [0.3, 0.4) is 0 Å². The molecule has 0 bridgehead atoms. The maximum absolute atomic E-state index is 12.9. The average molecular weight is 464 g/mol. The van der Waals surface area contributed by atoms with Crippen LogP contribution in [-0.2, 0) is 6.18 Å². The van der Waals surface area contributed by atoms with Gasteiger partial charge in [-0.1, -0.05) is 6.07 Å². The summed E-state index contributed by atoms with van der Waals surface area (Å²) in [5, 5.41) is 17.3. The molecule has 2 aromatic heterocycles. The predicted octanol–water partition coefficient (Wildman–Crippen LogP) is 4.78. The zero-order valence-electron chi connectivity index (χ0n) is 16.9. The van der Waals surface area contributed by atoms with E-state index in [1.807, 2.05) is 23.4 Å². The smallest absolute Gasteiger partial charge is 0.433 e. The van der Waals surface area contributed by atoms with E-state index in [0.717, 1.165) is 48.2 Å². The van der Waals surface area contributed by atoms with Crippen LogP contribution in [0.4, 0.5) is 18.9 Å². The van der Waals surface area contributed by atoms with Crippen molar-refractivity contribution in [3.8, 4) is 0 Å². The molecule has 0 radical (unpaired) electrons. The van der Waals surface area contributed by atoms with Crippen LogP contribution in [0.1, 0.15) is 51.1 Å². The first-order valence-electron chi connectivity index (χ1n) is 9.84. The van der Waals surface area contributed by atoms with Crippen LogP contribution in [0, 0.1) is 6.92 Å². The van der Waals surface area contributed by atoms with Crippen molar-refractivity contribution >= 4 is 40.2 Å². The number of thioether (sulfide) groups is 1. The van der Waals surface area contributed by atoms with E-state index in [4.69, 9.17) is 0 Å². The summed E-state index contributed by atoms with van der Waals surface area (Å²) in [6, 6.07) is 6.04. The summed E-state index contributed by atoms with van der Waals surface area (Å²) in [4.78, 5) is 27.8. The number of pyridine rings is 1. The minimum Gasteiger partial charge on any atom is -0.478 e. The zero-order chi connectivity index (χ0) is 23.0. The second-order valence-electron chi connectivity index (χ2n) is 7.45. The third kappa shape index (κ3) is 4.29. The number of nitrogens with zero attached hydrogens (tertiary/aromatic N) is 3. The van der Waals surface area contributed by atoms with E-state index in [2.05, 4.69) is 15.4 Å². The van der Waals surface area contributed by atoms with Crippen molar-refractivity contribution < 1.29 is 27.9 Å². The third-order valence-electron chi connectivity index (χ3n) is 5.37. The van der Waals surface area contributed by atoms with Crippen molar-refractivity contribution in [2.24, 2.45) is 0 Å². The number of benzene rings is 1.